The zero-order valence-electron chi connectivity index (χ0n) is 12.2. The molecule has 1 aromatic heterocycles. The highest BCUT2D eigenvalue weighted by atomic mass is 16.6. The topological polar surface area (TPSA) is 51.5 Å². The molecule has 4 aromatic rings. The van der Waals surface area contributed by atoms with Gasteiger partial charge in [0.05, 0.1) is 11.1 Å². The van der Waals surface area contributed by atoms with Crippen LogP contribution in [-0.4, -0.2) is 6.09 Å². The lowest BCUT2D eigenvalue weighted by Crippen LogP contribution is -2.16. The predicted octanol–water partition coefficient (Wildman–Crippen LogP) is 5.20. The van der Waals surface area contributed by atoms with Crippen LogP contribution in [0.2, 0.25) is 0 Å². The number of fused-ring (bicyclic) bond motifs is 3. The molecule has 0 unspecified atom stereocenters. The number of furan rings is 1. The van der Waals surface area contributed by atoms with Crippen LogP contribution in [0.5, 0.6) is 5.75 Å². The van der Waals surface area contributed by atoms with Gasteiger partial charge in [-0.15, -0.1) is 0 Å². The minimum Gasteiger partial charge on any atom is -0.456 e. The number of anilines is 1. The Kier molecular flexibility index (Phi) is 3.20. The lowest BCUT2D eigenvalue weighted by Gasteiger charge is -2.07. The molecule has 0 bridgehead atoms. The number of hydrogen-bond acceptors (Lipinski definition) is 3. The van der Waals surface area contributed by atoms with E-state index >= 15 is 0 Å². The van der Waals surface area contributed by atoms with Crippen molar-refractivity contribution in [1.29, 1.82) is 0 Å². The minimum atomic E-state index is -0.533. The van der Waals surface area contributed by atoms with Crippen LogP contribution < -0.4 is 10.1 Å². The number of hydrogen-bond donors (Lipinski definition) is 1. The zero-order valence-corrected chi connectivity index (χ0v) is 12.2. The van der Waals surface area contributed by atoms with Gasteiger partial charge in [0.15, 0.2) is 0 Å². The molecule has 3 aromatic carbocycles. The molecule has 0 aliphatic heterocycles. The average Bonchev–Trinajstić information content (AvgIpc) is 2.95. The first-order valence-corrected chi connectivity index (χ1v) is 7.25. The Balaban J connectivity index is 1.70. The molecule has 4 nitrogen and oxygen atoms in total. The standard InChI is InChI=1S/C19H13NO3/c21-19(22-13-7-2-1-3-8-13)20-15-10-6-12-17-18(15)14-9-4-5-11-16(14)23-17/h1-12H,(H,20,21). The molecule has 0 saturated heterocycles. The van der Waals surface area contributed by atoms with E-state index in [0.29, 0.717) is 11.4 Å². The molecular weight excluding hydrogens is 290 g/mol. The van der Waals surface area contributed by atoms with Crippen LogP contribution in [0, 0.1) is 0 Å². The molecule has 4 heteroatoms. The van der Waals surface area contributed by atoms with Gasteiger partial charge >= 0.3 is 6.09 Å². The fraction of sp³-hybridized carbons (Fsp3) is 0. The summed E-state index contributed by atoms with van der Waals surface area (Å²) >= 11 is 0. The third-order valence-electron chi connectivity index (χ3n) is 3.59. The highest BCUT2D eigenvalue weighted by molar-refractivity contribution is 6.13. The number of carbonyl (C=O) groups excluding carboxylic acids is 1. The van der Waals surface area contributed by atoms with E-state index in [1.54, 1.807) is 12.1 Å². The van der Waals surface area contributed by atoms with E-state index in [4.69, 9.17) is 9.15 Å². The smallest absolute Gasteiger partial charge is 0.417 e. The van der Waals surface area contributed by atoms with Crippen LogP contribution in [0.15, 0.2) is 77.2 Å². The molecule has 0 radical (unpaired) electrons. The number of ether oxygens (including phenoxy) is 1. The molecule has 112 valence electrons. The maximum absolute atomic E-state index is 12.1. The Hall–Kier alpha value is -3.27. The van der Waals surface area contributed by atoms with E-state index in [2.05, 4.69) is 5.32 Å². The lowest BCUT2D eigenvalue weighted by atomic mass is 10.1. The van der Waals surface area contributed by atoms with Crippen molar-refractivity contribution in [2.75, 3.05) is 5.32 Å². The van der Waals surface area contributed by atoms with E-state index in [0.717, 1.165) is 21.9 Å². The molecule has 1 N–H and O–H groups in total. The maximum atomic E-state index is 12.1. The molecule has 0 saturated carbocycles. The summed E-state index contributed by atoms with van der Waals surface area (Å²) < 4.78 is 11.1. The van der Waals surface area contributed by atoms with Gasteiger partial charge in [-0.1, -0.05) is 42.5 Å². The van der Waals surface area contributed by atoms with Crippen LogP contribution >= 0.6 is 0 Å². The average molecular weight is 303 g/mol. The quantitative estimate of drug-likeness (QED) is 0.554. The molecule has 23 heavy (non-hydrogen) atoms. The van der Waals surface area contributed by atoms with Crippen molar-refractivity contribution in [1.82, 2.24) is 0 Å². The Morgan fingerprint density at radius 1 is 0.826 bits per heavy atom. The summed E-state index contributed by atoms with van der Waals surface area (Å²) in [6.45, 7) is 0. The summed E-state index contributed by atoms with van der Waals surface area (Å²) in [4.78, 5) is 12.1. The SMILES string of the molecule is O=C(Nc1cccc2oc3ccccc3c12)Oc1ccccc1. The first kappa shape index (κ1) is 13.4. The van der Waals surface area contributed by atoms with Crippen LogP contribution in [0.3, 0.4) is 0 Å². The van der Waals surface area contributed by atoms with Crippen LogP contribution in [0.25, 0.3) is 21.9 Å². The third-order valence-corrected chi connectivity index (χ3v) is 3.59. The fourth-order valence-electron chi connectivity index (χ4n) is 2.61. The van der Waals surface area contributed by atoms with E-state index in [1.165, 1.54) is 0 Å². The largest absolute Gasteiger partial charge is 0.456 e. The van der Waals surface area contributed by atoms with Gasteiger partial charge in [-0.2, -0.15) is 0 Å². The van der Waals surface area contributed by atoms with E-state index in [9.17, 15) is 4.79 Å². The summed E-state index contributed by atoms with van der Waals surface area (Å²) in [5.41, 5.74) is 2.17. The summed E-state index contributed by atoms with van der Waals surface area (Å²) in [6.07, 6.45) is -0.533. The van der Waals surface area contributed by atoms with Gasteiger partial charge in [0, 0.05) is 5.39 Å². The van der Waals surface area contributed by atoms with E-state index in [1.807, 2.05) is 60.7 Å². The van der Waals surface area contributed by atoms with Gasteiger partial charge in [-0.05, 0) is 30.3 Å². The highest BCUT2D eigenvalue weighted by Gasteiger charge is 2.13. The van der Waals surface area contributed by atoms with Crippen molar-refractivity contribution in [3.8, 4) is 5.75 Å². The number of carbonyl (C=O) groups is 1. The number of para-hydroxylation sites is 2. The Labute approximate surface area is 132 Å². The van der Waals surface area contributed by atoms with E-state index in [-0.39, 0.29) is 0 Å². The molecule has 1 amide bonds. The predicted molar refractivity (Wildman–Crippen MR) is 89.8 cm³/mol. The molecule has 4 rings (SSSR count). The van der Waals surface area contributed by atoms with Crippen LogP contribution in [0.4, 0.5) is 10.5 Å². The Morgan fingerprint density at radius 2 is 1.57 bits per heavy atom. The highest BCUT2D eigenvalue weighted by Crippen LogP contribution is 2.33. The molecule has 0 atom stereocenters. The van der Waals surface area contributed by atoms with Crippen molar-refractivity contribution < 1.29 is 13.9 Å². The second-order valence-corrected chi connectivity index (χ2v) is 5.10. The summed E-state index contributed by atoms with van der Waals surface area (Å²) in [5, 5.41) is 4.62. The van der Waals surface area contributed by atoms with Gasteiger partial charge in [-0.25, -0.2) is 4.79 Å². The van der Waals surface area contributed by atoms with Gasteiger partial charge < -0.3 is 9.15 Å². The van der Waals surface area contributed by atoms with Crippen LogP contribution in [0.1, 0.15) is 0 Å². The van der Waals surface area contributed by atoms with Crippen molar-refractivity contribution in [2.45, 2.75) is 0 Å². The van der Waals surface area contributed by atoms with Crippen molar-refractivity contribution in [3.63, 3.8) is 0 Å². The molecule has 0 spiro atoms. The second-order valence-electron chi connectivity index (χ2n) is 5.10. The molecule has 0 aliphatic carbocycles. The fourth-order valence-corrected chi connectivity index (χ4v) is 2.61. The lowest BCUT2D eigenvalue weighted by molar-refractivity contribution is 0.215. The summed E-state index contributed by atoms with van der Waals surface area (Å²) in [5.74, 6) is 0.495. The first-order valence-electron chi connectivity index (χ1n) is 7.25. The zero-order chi connectivity index (χ0) is 15.6. The maximum Gasteiger partial charge on any atom is 0.417 e. The number of rotatable bonds is 2. The number of nitrogens with one attached hydrogen (secondary N) is 1. The molecule has 0 fully saturated rings. The van der Waals surface area contributed by atoms with Crippen molar-refractivity contribution in [2.24, 2.45) is 0 Å². The first-order chi connectivity index (χ1) is 11.3. The normalized spacial score (nSPS) is 10.8. The Bertz CT molecular complexity index is 989. The Morgan fingerprint density at radius 3 is 2.43 bits per heavy atom. The van der Waals surface area contributed by atoms with Crippen molar-refractivity contribution in [3.05, 3.63) is 72.8 Å². The van der Waals surface area contributed by atoms with Gasteiger partial charge in [0.2, 0.25) is 0 Å². The van der Waals surface area contributed by atoms with E-state index < -0.39 is 6.09 Å². The molecular formula is C19H13NO3. The van der Waals surface area contributed by atoms with Gasteiger partial charge in [-0.3, -0.25) is 5.32 Å². The summed E-state index contributed by atoms with van der Waals surface area (Å²) in [7, 11) is 0. The minimum absolute atomic E-state index is 0.495. The molecule has 0 aliphatic rings. The monoisotopic (exact) mass is 303 g/mol. The van der Waals surface area contributed by atoms with Gasteiger partial charge in [0.25, 0.3) is 0 Å². The van der Waals surface area contributed by atoms with Crippen molar-refractivity contribution >= 4 is 33.7 Å². The summed E-state index contributed by atoms with van der Waals surface area (Å²) in [6, 6.07) is 22.2. The van der Waals surface area contributed by atoms with Crippen LogP contribution in [-0.2, 0) is 0 Å². The third kappa shape index (κ3) is 2.51. The number of benzene rings is 3. The second kappa shape index (κ2) is 5.50. The molecule has 1 heterocycles. The number of amides is 1. The van der Waals surface area contributed by atoms with Gasteiger partial charge in [0.1, 0.15) is 16.9 Å².